The van der Waals surface area contributed by atoms with Gasteiger partial charge in [-0.15, -0.1) is 0 Å². The summed E-state index contributed by atoms with van der Waals surface area (Å²) in [7, 11) is 0. The van der Waals surface area contributed by atoms with Gasteiger partial charge in [-0.25, -0.2) is 4.98 Å². The third-order valence-electron chi connectivity index (χ3n) is 2.04. The highest BCUT2D eigenvalue weighted by atomic mass is 79.9. The van der Waals surface area contributed by atoms with Gasteiger partial charge in [-0.2, -0.15) is 0 Å². The van der Waals surface area contributed by atoms with E-state index in [0.717, 1.165) is 22.3 Å². The van der Waals surface area contributed by atoms with Gasteiger partial charge in [0.15, 0.2) is 0 Å². The van der Waals surface area contributed by atoms with Gasteiger partial charge in [0.2, 0.25) is 0 Å². The van der Waals surface area contributed by atoms with E-state index in [1.165, 1.54) is 0 Å². The highest BCUT2D eigenvalue weighted by molar-refractivity contribution is 9.10. The van der Waals surface area contributed by atoms with Gasteiger partial charge in [-0.3, -0.25) is 0 Å². The third-order valence-corrected chi connectivity index (χ3v) is 2.87. The zero-order chi connectivity index (χ0) is 10.6. The lowest BCUT2D eigenvalue weighted by Gasteiger charge is -2.10. The molecule has 0 radical (unpaired) electrons. The molecule has 1 atom stereocenters. The summed E-state index contributed by atoms with van der Waals surface area (Å²) in [5.74, 6) is 0.804. The van der Waals surface area contributed by atoms with Crippen molar-refractivity contribution in [2.24, 2.45) is 0 Å². The summed E-state index contributed by atoms with van der Waals surface area (Å²) in [5.41, 5.74) is 1.13. The molecule has 2 N–H and O–H groups in total. The molecule has 0 saturated heterocycles. The van der Waals surface area contributed by atoms with Gasteiger partial charge >= 0.3 is 0 Å². The Morgan fingerprint density at radius 3 is 2.93 bits per heavy atom. The number of rotatable bonds is 4. The van der Waals surface area contributed by atoms with Crippen LogP contribution in [0.25, 0.3) is 0 Å². The summed E-state index contributed by atoms with van der Waals surface area (Å²) in [6, 6.07) is 1.95. The quantitative estimate of drug-likeness (QED) is 0.872. The Balaban J connectivity index is 2.55. The molecule has 3 nitrogen and oxygen atoms in total. The molecule has 1 heterocycles. The lowest BCUT2D eigenvalue weighted by atomic mass is 10.2. The molecule has 0 aliphatic rings. The Morgan fingerprint density at radius 2 is 2.36 bits per heavy atom. The molecule has 0 aliphatic heterocycles. The Hall–Kier alpha value is -0.610. The fourth-order valence-electron chi connectivity index (χ4n) is 1.00. The molecular formula is C10H15BrN2O. The normalized spacial score (nSPS) is 12.6. The van der Waals surface area contributed by atoms with E-state index in [0.29, 0.717) is 6.54 Å². The van der Waals surface area contributed by atoms with Crippen LogP contribution in [0, 0.1) is 6.92 Å². The Kier molecular flexibility index (Phi) is 4.35. The van der Waals surface area contributed by atoms with E-state index in [2.05, 4.69) is 26.2 Å². The summed E-state index contributed by atoms with van der Waals surface area (Å²) in [6.07, 6.45) is 2.21. The van der Waals surface area contributed by atoms with Crippen molar-refractivity contribution in [1.82, 2.24) is 4.98 Å². The first-order valence-corrected chi connectivity index (χ1v) is 5.47. The molecule has 0 bridgehead atoms. The number of anilines is 1. The molecule has 1 unspecified atom stereocenters. The second-order valence-electron chi connectivity index (χ2n) is 3.26. The van der Waals surface area contributed by atoms with E-state index >= 15 is 0 Å². The third kappa shape index (κ3) is 3.27. The second-order valence-corrected chi connectivity index (χ2v) is 4.12. The number of aryl methyl sites for hydroxylation is 1. The molecule has 0 fully saturated rings. The topological polar surface area (TPSA) is 45.1 Å². The first-order valence-electron chi connectivity index (χ1n) is 4.67. The number of halogens is 1. The molecule has 0 aromatic carbocycles. The average molecular weight is 259 g/mol. The largest absolute Gasteiger partial charge is 0.391 e. The van der Waals surface area contributed by atoms with E-state index in [1.807, 2.05) is 19.9 Å². The van der Waals surface area contributed by atoms with Gasteiger partial charge < -0.3 is 10.4 Å². The molecule has 1 aromatic heterocycles. The Bertz CT molecular complexity index is 304. The van der Waals surface area contributed by atoms with Gasteiger partial charge in [0, 0.05) is 17.2 Å². The zero-order valence-electron chi connectivity index (χ0n) is 8.42. The number of aromatic nitrogens is 1. The minimum absolute atomic E-state index is 0.305. The number of hydrogen-bond donors (Lipinski definition) is 2. The summed E-state index contributed by atoms with van der Waals surface area (Å²) in [4.78, 5) is 4.18. The second kappa shape index (κ2) is 5.32. The molecule has 14 heavy (non-hydrogen) atoms. The van der Waals surface area contributed by atoms with E-state index in [9.17, 15) is 5.11 Å². The standard InChI is InChI=1S/C10H15BrN2O/c1-3-8(14)5-12-10-4-7(2)9(11)6-13-10/h4,6,8,14H,3,5H2,1-2H3,(H,12,13). The average Bonchev–Trinajstić information content (AvgIpc) is 2.19. The first-order chi connectivity index (χ1) is 6.63. The Morgan fingerprint density at radius 1 is 1.64 bits per heavy atom. The van der Waals surface area contributed by atoms with Crippen LogP contribution >= 0.6 is 15.9 Å². The molecule has 0 aliphatic carbocycles. The highest BCUT2D eigenvalue weighted by Gasteiger charge is 2.02. The van der Waals surface area contributed by atoms with Crippen LogP contribution in [-0.4, -0.2) is 22.7 Å². The van der Waals surface area contributed by atoms with Crippen LogP contribution < -0.4 is 5.32 Å². The number of hydrogen-bond acceptors (Lipinski definition) is 3. The number of aliphatic hydroxyl groups excluding tert-OH is 1. The van der Waals surface area contributed by atoms with Crippen molar-refractivity contribution >= 4 is 21.7 Å². The lowest BCUT2D eigenvalue weighted by Crippen LogP contribution is -2.18. The highest BCUT2D eigenvalue weighted by Crippen LogP contribution is 2.17. The molecule has 0 saturated carbocycles. The monoisotopic (exact) mass is 258 g/mol. The van der Waals surface area contributed by atoms with Crippen molar-refractivity contribution in [1.29, 1.82) is 0 Å². The summed E-state index contributed by atoms with van der Waals surface area (Å²) in [6.45, 7) is 4.50. The predicted octanol–water partition coefficient (Wildman–Crippen LogP) is 2.34. The van der Waals surface area contributed by atoms with Crippen molar-refractivity contribution < 1.29 is 5.11 Å². The maximum absolute atomic E-state index is 9.34. The van der Waals surface area contributed by atoms with Crippen molar-refractivity contribution in [2.45, 2.75) is 26.4 Å². The van der Waals surface area contributed by atoms with Crippen LogP contribution in [0.2, 0.25) is 0 Å². The molecular weight excluding hydrogens is 244 g/mol. The molecule has 1 aromatic rings. The number of aliphatic hydroxyl groups is 1. The van der Waals surface area contributed by atoms with Crippen molar-refractivity contribution in [3.05, 3.63) is 22.3 Å². The van der Waals surface area contributed by atoms with Gasteiger partial charge in [0.25, 0.3) is 0 Å². The van der Waals surface area contributed by atoms with Crippen molar-refractivity contribution in [2.75, 3.05) is 11.9 Å². The summed E-state index contributed by atoms with van der Waals surface area (Å²) >= 11 is 3.38. The smallest absolute Gasteiger partial charge is 0.126 e. The fraction of sp³-hybridized carbons (Fsp3) is 0.500. The van der Waals surface area contributed by atoms with Gasteiger partial charge in [0.1, 0.15) is 5.82 Å². The zero-order valence-corrected chi connectivity index (χ0v) is 10.0. The predicted molar refractivity (Wildman–Crippen MR) is 61.5 cm³/mol. The van der Waals surface area contributed by atoms with Gasteiger partial charge in [0.05, 0.1) is 6.10 Å². The van der Waals surface area contributed by atoms with Crippen LogP contribution in [0.1, 0.15) is 18.9 Å². The number of pyridine rings is 1. The molecule has 4 heteroatoms. The van der Waals surface area contributed by atoms with Crippen LogP contribution in [0.4, 0.5) is 5.82 Å². The van der Waals surface area contributed by atoms with Crippen LogP contribution in [0.5, 0.6) is 0 Å². The summed E-state index contributed by atoms with van der Waals surface area (Å²) < 4.78 is 0.999. The van der Waals surface area contributed by atoms with Crippen molar-refractivity contribution in [3.8, 4) is 0 Å². The number of nitrogens with zero attached hydrogens (tertiary/aromatic N) is 1. The van der Waals surface area contributed by atoms with Gasteiger partial charge in [-0.05, 0) is 40.9 Å². The maximum atomic E-state index is 9.34. The minimum Gasteiger partial charge on any atom is -0.391 e. The Labute approximate surface area is 92.7 Å². The van der Waals surface area contributed by atoms with Crippen LogP contribution in [-0.2, 0) is 0 Å². The summed E-state index contributed by atoms with van der Waals surface area (Å²) in [5, 5.41) is 12.4. The van der Waals surface area contributed by atoms with E-state index in [-0.39, 0.29) is 6.10 Å². The number of nitrogens with one attached hydrogen (secondary N) is 1. The SMILES string of the molecule is CCC(O)CNc1cc(C)c(Br)cn1. The molecule has 0 spiro atoms. The maximum Gasteiger partial charge on any atom is 0.126 e. The van der Waals surface area contributed by atoms with E-state index < -0.39 is 0 Å². The van der Waals surface area contributed by atoms with Crippen LogP contribution in [0.15, 0.2) is 16.7 Å². The molecule has 78 valence electrons. The van der Waals surface area contributed by atoms with Crippen molar-refractivity contribution in [3.63, 3.8) is 0 Å². The minimum atomic E-state index is -0.305. The van der Waals surface area contributed by atoms with E-state index in [4.69, 9.17) is 0 Å². The lowest BCUT2D eigenvalue weighted by molar-refractivity contribution is 0.183. The van der Waals surface area contributed by atoms with Crippen LogP contribution in [0.3, 0.4) is 0 Å². The molecule has 1 rings (SSSR count). The fourth-order valence-corrected chi connectivity index (χ4v) is 1.22. The van der Waals surface area contributed by atoms with E-state index in [1.54, 1.807) is 6.20 Å². The first kappa shape index (κ1) is 11.5. The van der Waals surface area contributed by atoms with Gasteiger partial charge in [-0.1, -0.05) is 6.92 Å². The molecule has 0 amide bonds.